The van der Waals surface area contributed by atoms with Crippen LogP contribution in [0.15, 0.2) is 41.8 Å². The Labute approximate surface area is 118 Å². The van der Waals surface area contributed by atoms with Crippen LogP contribution < -0.4 is 0 Å². The number of carbonyl (C=O) groups excluding carboxylic acids is 1. The maximum absolute atomic E-state index is 12.6. The minimum Gasteiger partial charge on any atom is -0.448 e. The molecule has 0 aliphatic carbocycles. The zero-order chi connectivity index (χ0) is 14.9. The molecule has 0 bridgehead atoms. The van der Waals surface area contributed by atoms with Gasteiger partial charge in [-0.15, -0.1) is 6.58 Å². The fraction of sp³-hybridized carbons (Fsp3) is 0.357. The molecule has 1 aromatic rings. The van der Waals surface area contributed by atoms with E-state index in [4.69, 9.17) is 4.74 Å². The fourth-order valence-corrected chi connectivity index (χ4v) is 3.70. The van der Waals surface area contributed by atoms with Gasteiger partial charge in [0.05, 0.1) is 17.5 Å². The molecule has 1 heterocycles. The smallest absolute Gasteiger partial charge is 0.424 e. The van der Waals surface area contributed by atoms with E-state index in [2.05, 4.69) is 6.58 Å². The molecule has 5 nitrogen and oxygen atoms in total. The van der Waals surface area contributed by atoms with E-state index in [1.807, 2.05) is 13.8 Å². The maximum atomic E-state index is 12.6. The summed E-state index contributed by atoms with van der Waals surface area (Å²) < 4.78 is 30.9. The van der Waals surface area contributed by atoms with Gasteiger partial charge in [-0.05, 0) is 19.1 Å². The van der Waals surface area contributed by atoms with Crippen molar-refractivity contribution in [3.8, 4) is 0 Å². The molecule has 1 aliphatic rings. The van der Waals surface area contributed by atoms with Crippen LogP contribution in [0.3, 0.4) is 0 Å². The van der Waals surface area contributed by atoms with Crippen LogP contribution in [0.1, 0.15) is 12.5 Å². The SMILES string of the molecule is C=C[C@H]1[C@H](C)COC(=O)N1S(=O)(=O)c1ccc(C)cc1. The fourth-order valence-electron chi connectivity index (χ4n) is 2.13. The molecule has 108 valence electrons. The molecule has 0 saturated carbocycles. The highest BCUT2D eigenvalue weighted by Crippen LogP contribution is 2.27. The third-order valence-electron chi connectivity index (χ3n) is 3.32. The van der Waals surface area contributed by atoms with Gasteiger partial charge in [-0.3, -0.25) is 0 Å². The average Bonchev–Trinajstić information content (AvgIpc) is 2.41. The van der Waals surface area contributed by atoms with E-state index in [0.29, 0.717) is 0 Å². The van der Waals surface area contributed by atoms with E-state index in [0.717, 1.165) is 9.87 Å². The molecular weight excluding hydrogens is 278 g/mol. The molecule has 0 aromatic heterocycles. The highest BCUT2D eigenvalue weighted by Gasteiger charge is 2.41. The van der Waals surface area contributed by atoms with E-state index in [1.165, 1.54) is 18.2 Å². The van der Waals surface area contributed by atoms with Gasteiger partial charge in [0, 0.05) is 5.92 Å². The largest absolute Gasteiger partial charge is 0.448 e. The van der Waals surface area contributed by atoms with Crippen molar-refractivity contribution in [2.24, 2.45) is 5.92 Å². The van der Waals surface area contributed by atoms with E-state index >= 15 is 0 Å². The summed E-state index contributed by atoms with van der Waals surface area (Å²) in [7, 11) is -3.93. The van der Waals surface area contributed by atoms with Crippen molar-refractivity contribution in [2.45, 2.75) is 24.8 Å². The Morgan fingerprint density at radius 3 is 2.50 bits per heavy atom. The van der Waals surface area contributed by atoms with Crippen molar-refractivity contribution in [3.63, 3.8) is 0 Å². The minimum atomic E-state index is -3.93. The second-order valence-corrected chi connectivity index (χ2v) is 6.71. The van der Waals surface area contributed by atoms with Crippen LogP contribution in [-0.2, 0) is 14.8 Å². The van der Waals surface area contributed by atoms with E-state index in [9.17, 15) is 13.2 Å². The first-order valence-electron chi connectivity index (χ1n) is 6.28. The Bertz CT molecular complexity index is 621. The summed E-state index contributed by atoms with van der Waals surface area (Å²) >= 11 is 0. The summed E-state index contributed by atoms with van der Waals surface area (Å²) in [5.41, 5.74) is 0.943. The molecule has 1 aliphatic heterocycles. The van der Waals surface area contributed by atoms with Crippen LogP contribution in [0.5, 0.6) is 0 Å². The van der Waals surface area contributed by atoms with Crippen molar-refractivity contribution in [1.82, 2.24) is 4.31 Å². The molecule has 1 aromatic carbocycles. The third-order valence-corrected chi connectivity index (χ3v) is 5.10. The van der Waals surface area contributed by atoms with Crippen LogP contribution in [-0.4, -0.2) is 31.5 Å². The van der Waals surface area contributed by atoms with Crippen molar-refractivity contribution >= 4 is 16.1 Å². The lowest BCUT2D eigenvalue weighted by Crippen LogP contribution is -2.52. The lowest BCUT2D eigenvalue weighted by atomic mass is 10.0. The van der Waals surface area contributed by atoms with Crippen molar-refractivity contribution in [3.05, 3.63) is 42.5 Å². The zero-order valence-electron chi connectivity index (χ0n) is 11.4. The predicted molar refractivity (Wildman–Crippen MR) is 74.7 cm³/mol. The lowest BCUT2D eigenvalue weighted by molar-refractivity contribution is 0.0601. The first kappa shape index (κ1) is 14.6. The number of sulfonamides is 1. The number of amides is 1. The number of carbonyl (C=O) groups is 1. The van der Waals surface area contributed by atoms with Gasteiger partial charge >= 0.3 is 6.09 Å². The summed E-state index contributed by atoms with van der Waals surface area (Å²) in [5, 5.41) is 0. The van der Waals surface area contributed by atoms with Crippen molar-refractivity contribution in [2.75, 3.05) is 6.61 Å². The number of hydrogen-bond donors (Lipinski definition) is 0. The molecule has 6 heteroatoms. The van der Waals surface area contributed by atoms with Gasteiger partial charge in [0.2, 0.25) is 0 Å². The first-order chi connectivity index (χ1) is 9.37. The summed E-state index contributed by atoms with van der Waals surface area (Å²) in [6.07, 6.45) is 0.616. The molecule has 0 spiro atoms. The third kappa shape index (κ3) is 2.43. The Hall–Kier alpha value is -1.82. The summed E-state index contributed by atoms with van der Waals surface area (Å²) in [6, 6.07) is 5.75. The van der Waals surface area contributed by atoms with Crippen molar-refractivity contribution < 1.29 is 17.9 Å². The molecule has 0 radical (unpaired) electrons. The monoisotopic (exact) mass is 295 g/mol. The van der Waals surface area contributed by atoms with Gasteiger partial charge in [-0.1, -0.05) is 30.7 Å². The standard InChI is InChI=1S/C14H17NO4S/c1-4-13-11(3)9-19-14(16)15(13)20(17,18)12-7-5-10(2)6-8-12/h4-8,11,13H,1,9H2,2-3H3/t11-,13+/m1/s1. The van der Waals surface area contributed by atoms with Gasteiger partial charge in [0.15, 0.2) is 0 Å². The first-order valence-corrected chi connectivity index (χ1v) is 7.72. The highest BCUT2D eigenvalue weighted by molar-refractivity contribution is 7.89. The quantitative estimate of drug-likeness (QED) is 0.803. The van der Waals surface area contributed by atoms with Crippen LogP contribution in [0.2, 0.25) is 0 Å². The molecular formula is C14H17NO4S. The average molecular weight is 295 g/mol. The topological polar surface area (TPSA) is 63.7 Å². The number of rotatable bonds is 3. The Balaban J connectivity index is 2.47. The van der Waals surface area contributed by atoms with Gasteiger partial charge in [-0.2, -0.15) is 4.31 Å². The number of ether oxygens (including phenoxy) is 1. The van der Waals surface area contributed by atoms with Gasteiger partial charge in [-0.25, -0.2) is 13.2 Å². The number of cyclic esters (lactones) is 1. The Morgan fingerprint density at radius 1 is 1.35 bits per heavy atom. The molecule has 2 atom stereocenters. The van der Waals surface area contributed by atoms with E-state index in [-0.39, 0.29) is 17.4 Å². The Kier molecular flexibility index (Phi) is 3.85. The highest BCUT2D eigenvalue weighted by atomic mass is 32.2. The number of benzene rings is 1. The lowest BCUT2D eigenvalue weighted by Gasteiger charge is -2.36. The molecule has 20 heavy (non-hydrogen) atoms. The number of nitrogens with zero attached hydrogens (tertiary/aromatic N) is 1. The molecule has 1 amide bonds. The molecule has 2 rings (SSSR count). The van der Waals surface area contributed by atoms with E-state index < -0.39 is 22.2 Å². The van der Waals surface area contributed by atoms with Crippen LogP contribution in [0, 0.1) is 12.8 Å². The van der Waals surface area contributed by atoms with Crippen LogP contribution in [0.25, 0.3) is 0 Å². The second kappa shape index (κ2) is 5.28. The number of aryl methyl sites for hydroxylation is 1. The molecule has 1 saturated heterocycles. The van der Waals surface area contributed by atoms with Crippen LogP contribution in [0.4, 0.5) is 4.79 Å². The van der Waals surface area contributed by atoms with E-state index in [1.54, 1.807) is 12.1 Å². The van der Waals surface area contributed by atoms with Gasteiger partial charge < -0.3 is 4.74 Å². The summed E-state index contributed by atoms with van der Waals surface area (Å²) in [4.78, 5) is 11.9. The molecule has 0 unspecified atom stereocenters. The predicted octanol–water partition coefficient (Wildman–Crippen LogP) is 2.33. The van der Waals surface area contributed by atoms with Crippen LogP contribution >= 0.6 is 0 Å². The normalized spacial score (nSPS) is 23.3. The second-order valence-electron chi connectivity index (χ2n) is 4.89. The minimum absolute atomic E-state index is 0.0704. The summed E-state index contributed by atoms with van der Waals surface area (Å²) in [6.45, 7) is 7.49. The Morgan fingerprint density at radius 2 is 1.95 bits per heavy atom. The summed E-state index contributed by atoms with van der Waals surface area (Å²) in [5.74, 6) is -0.134. The van der Waals surface area contributed by atoms with Gasteiger partial charge in [0.1, 0.15) is 0 Å². The maximum Gasteiger partial charge on any atom is 0.424 e. The van der Waals surface area contributed by atoms with Gasteiger partial charge in [0.25, 0.3) is 10.0 Å². The number of hydrogen-bond acceptors (Lipinski definition) is 4. The zero-order valence-corrected chi connectivity index (χ0v) is 12.3. The van der Waals surface area contributed by atoms with Crippen molar-refractivity contribution in [1.29, 1.82) is 0 Å². The molecule has 0 N–H and O–H groups in total. The molecule has 1 fully saturated rings.